The van der Waals surface area contributed by atoms with Gasteiger partial charge in [-0.3, -0.25) is 0 Å². The van der Waals surface area contributed by atoms with Gasteiger partial charge >= 0.3 is 0 Å². The Hall–Kier alpha value is -1.69. The van der Waals surface area contributed by atoms with Crippen LogP contribution in [-0.4, -0.2) is 38.9 Å². The van der Waals surface area contributed by atoms with Gasteiger partial charge in [-0.05, 0) is 30.0 Å². The highest BCUT2D eigenvalue weighted by atomic mass is 32.2. The third-order valence-electron chi connectivity index (χ3n) is 4.93. The summed E-state index contributed by atoms with van der Waals surface area (Å²) in [6.07, 6.45) is 0.974. The monoisotopic (exact) mass is 373 g/mol. The summed E-state index contributed by atoms with van der Waals surface area (Å²) < 4.78 is 27.4. The summed E-state index contributed by atoms with van der Waals surface area (Å²) in [5.41, 5.74) is 2.50. The van der Waals surface area contributed by atoms with Gasteiger partial charge in [-0.1, -0.05) is 56.3 Å². The third-order valence-corrected chi connectivity index (χ3v) is 6.84. The van der Waals surface area contributed by atoms with Crippen LogP contribution < -0.4 is 4.90 Å². The molecule has 1 saturated heterocycles. The van der Waals surface area contributed by atoms with E-state index in [4.69, 9.17) is 0 Å². The average Bonchev–Trinajstić information content (AvgIpc) is 2.63. The maximum absolute atomic E-state index is 12.9. The van der Waals surface area contributed by atoms with E-state index in [2.05, 4.69) is 38.1 Å². The van der Waals surface area contributed by atoms with Crippen molar-refractivity contribution in [2.24, 2.45) is 5.92 Å². The molecule has 1 heterocycles. The molecule has 1 fully saturated rings. The molecule has 0 spiro atoms. The second-order valence-corrected chi connectivity index (χ2v) is 9.50. The summed E-state index contributed by atoms with van der Waals surface area (Å²) in [5, 5.41) is 0. The number of hydrogen-bond acceptors (Lipinski definition) is 2. The molecule has 0 radical (unpaired) electrons. The SMILES string of the molecule is CC(C)Cc1ccc(S(=O)(=O)N2CC[NH+](Cc3ccccc3)CC2)cc1. The Labute approximate surface area is 157 Å². The summed E-state index contributed by atoms with van der Waals surface area (Å²) in [7, 11) is -3.38. The Balaban J connectivity index is 1.60. The molecule has 2 aromatic rings. The van der Waals surface area contributed by atoms with Crippen LogP contribution in [0.4, 0.5) is 0 Å². The standard InChI is InChI=1S/C21H28N2O2S/c1-18(2)16-19-8-10-21(11-9-19)26(24,25)23-14-12-22(13-15-23)17-20-6-4-3-5-7-20/h3-11,18H,12-17H2,1-2H3/p+1. The Bertz CT molecular complexity index is 794. The molecule has 0 aromatic heterocycles. The van der Waals surface area contributed by atoms with E-state index in [9.17, 15) is 8.42 Å². The molecule has 0 atom stereocenters. The minimum absolute atomic E-state index is 0.413. The van der Waals surface area contributed by atoms with E-state index in [1.807, 2.05) is 18.2 Å². The molecule has 0 unspecified atom stereocenters. The molecule has 2 aromatic carbocycles. The molecule has 1 N–H and O–H groups in total. The first-order chi connectivity index (χ1) is 12.4. The molecular formula is C21H29N2O2S+. The lowest BCUT2D eigenvalue weighted by atomic mass is 10.0. The number of benzene rings is 2. The maximum atomic E-state index is 12.9. The van der Waals surface area contributed by atoms with E-state index in [1.54, 1.807) is 16.4 Å². The number of quaternary nitrogens is 1. The molecule has 140 valence electrons. The Morgan fingerprint density at radius 1 is 0.923 bits per heavy atom. The van der Waals surface area contributed by atoms with Gasteiger partial charge in [-0.25, -0.2) is 8.42 Å². The lowest BCUT2D eigenvalue weighted by Gasteiger charge is -2.31. The topological polar surface area (TPSA) is 41.8 Å². The van der Waals surface area contributed by atoms with Gasteiger partial charge in [-0.2, -0.15) is 4.31 Å². The molecule has 0 amide bonds. The van der Waals surface area contributed by atoms with Crippen molar-refractivity contribution >= 4 is 10.0 Å². The normalized spacial score (nSPS) is 16.9. The number of hydrogen-bond donors (Lipinski definition) is 1. The van der Waals surface area contributed by atoms with Gasteiger partial charge in [0.2, 0.25) is 10.0 Å². The summed E-state index contributed by atoms with van der Waals surface area (Å²) in [6.45, 7) is 8.15. The quantitative estimate of drug-likeness (QED) is 0.841. The highest BCUT2D eigenvalue weighted by molar-refractivity contribution is 7.89. The largest absolute Gasteiger partial charge is 0.329 e. The highest BCUT2D eigenvalue weighted by Gasteiger charge is 2.30. The van der Waals surface area contributed by atoms with Gasteiger partial charge in [0.15, 0.2) is 0 Å². The predicted octanol–water partition coefficient (Wildman–Crippen LogP) is 1.97. The molecule has 0 aliphatic carbocycles. The Morgan fingerprint density at radius 3 is 2.12 bits per heavy atom. The van der Waals surface area contributed by atoms with Crippen molar-refractivity contribution in [1.82, 2.24) is 4.31 Å². The fourth-order valence-corrected chi connectivity index (χ4v) is 4.96. The van der Waals surface area contributed by atoms with Gasteiger partial charge in [0.1, 0.15) is 6.54 Å². The number of piperazine rings is 1. The summed E-state index contributed by atoms with van der Waals surface area (Å²) in [5.74, 6) is 0.568. The van der Waals surface area contributed by atoms with Crippen LogP contribution in [0.1, 0.15) is 25.0 Å². The molecule has 5 heteroatoms. The number of nitrogens with one attached hydrogen (secondary N) is 1. The van der Waals surface area contributed by atoms with E-state index in [1.165, 1.54) is 16.0 Å². The number of nitrogens with zero attached hydrogens (tertiary/aromatic N) is 1. The average molecular weight is 374 g/mol. The van der Waals surface area contributed by atoms with Crippen LogP contribution in [0.3, 0.4) is 0 Å². The summed E-state index contributed by atoms with van der Waals surface area (Å²) in [6, 6.07) is 17.8. The lowest BCUT2D eigenvalue weighted by molar-refractivity contribution is -0.917. The fourth-order valence-electron chi connectivity index (χ4n) is 3.52. The van der Waals surface area contributed by atoms with E-state index in [-0.39, 0.29) is 0 Å². The minimum atomic E-state index is -3.38. The van der Waals surface area contributed by atoms with Gasteiger partial charge in [0.25, 0.3) is 0 Å². The lowest BCUT2D eigenvalue weighted by Crippen LogP contribution is -3.13. The number of sulfonamides is 1. The summed E-state index contributed by atoms with van der Waals surface area (Å²) >= 11 is 0. The van der Waals surface area contributed by atoms with Crippen LogP contribution >= 0.6 is 0 Å². The zero-order valence-corrected chi connectivity index (χ0v) is 16.5. The van der Waals surface area contributed by atoms with E-state index in [0.717, 1.165) is 26.1 Å². The first-order valence-electron chi connectivity index (χ1n) is 9.42. The third kappa shape index (κ3) is 4.72. The maximum Gasteiger partial charge on any atom is 0.243 e. The van der Waals surface area contributed by atoms with Crippen LogP contribution in [0.2, 0.25) is 0 Å². The van der Waals surface area contributed by atoms with E-state index < -0.39 is 10.0 Å². The fraction of sp³-hybridized carbons (Fsp3) is 0.429. The van der Waals surface area contributed by atoms with Crippen LogP contribution in [-0.2, 0) is 23.0 Å². The van der Waals surface area contributed by atoms with Crippen molar-refractivity contribution in [1.29, 1.82) is 0 Å². The van der Waals surface area contributed by atoms with Crippen LogP contribution in [0.25, 0.3) is 0 Å². The van der Waals surface area contributed by atoms with E-state index >= 15 is 0 Å². The zero-order valence-electron chi connectivity index (χ0n) is 15.7. The van der Waals surface area contributed by atoms with E-state index in [0.29, 0.717) is 23.9 Å². The zero-order chi connectivity index (χ0) is 18.6. The van der Waals surface area contributed by atoms with Crippen LogP contribution in [0, 0.1) is 5.92 Å². The molecule has 1 aliphatic heterocycles. The predicted molar refractivity (Wildman–Crippen MR) is 105 cm³/mol. The highest BCUT2D eigenvalue weighted by Crippen LogP contribution is 2.18. The van der Waals surface area contributed by atoms with Crippen molar-refractivity contribution in [2.75, 3.05) is 26.2 Å². The first-order valence-corrected chi connectivity index (χ1v) is 10.9. The van der Waals surface area contributed by atoms with Crippen molar-refractivity contribution in [3.05, 3.63) is 65.7 Å². The van der Waals surface area contributed by atoms with Crippen molar-refractivity contribution in [3.63, 3.8) is 0 Å². The van der Waals surface area contributed by atoms with Crippen LogP contribution in [0.15, 0.2) is 59.5 Å². The van der Waals surface area contributed by atoms with Crippen molar-refractivity contribution < 1.29 is 13.3 Å². The second-order valence-electron chi connectivity index (χ2n) is 7.56. The van der Waals surface area contributed by atoms with Gasteiger partial charge < -0.3 is 4.90 Å². The van der Waals surface area contributed by atoms with Gasteiger partial charge in [-0.15, -0.1) is 0 Å². The Kier molecular flexibility index (Phi) is 6.12. The minimum Gasteiger partial charge on any atom is -0.329 e. The van der Waals surface area contributed by atoms with Gasteiger partial charge in [0.05, 0.1) is 31.1 Å². The number of rotatable bonds is 6. The molecule has 0 bridgehead atoms. The molecule has 3 rings (SSSR count). The summed E-state index contributed by atoms with van der Waals surface area (Å²) in [4.78, 5) is 1.85. The molecule has 4 nitrogen and oxygen atoms in total. The smallest absolute Gasteiger partial charge is 0.243 e. The molecule has 0 saturated carbocycles. The Morgan fingerprint density at radius 2 is 1.54 bits per heavy atom. The molecule has 1 aliphatic rings. The van der Waals surface area contributed by atoms with Crippen LogP contribution in [0.5, 0.6) is 0 Å². The van der Waals surface area contributed by atoms with Gasteiger partial charge in [0, 0.05) is 5.56 Å². The molecular weight excluding hydrogens is 344 g/mol. The molecule has 26 heavy (non-hydrogen) atoms. The van der Waals surface area contributed by atoms with Crippen molar-refractivity contribution in [2.45, 2.75) is 31.7 Å². The van der Waals surface area contributed by atoms with Crippen molar-refractivity contribution in [3.8, 4) is 0 Å². The second kappa shape index (κ2) is 8.33. The first kappa shape index (κ1) is 19.1.